The van der Waals surface area contributed by atoms with Crippen molar-refractivity contribution in [3.63, 3.8) is 0 Å². The van der Waals surface area contributed by atoms with Crippen molar-refractivity contribution in [3.8, 4) is 0 Å². The van der Waals surface area contributed by atoms with E-state index in [1.165, 1.54) is 12.1 Å². The minimum absolute atomic E-state index is 0.00184. The zero-order valence-corrected chi connectivity index (χ0v) is 14.1. The van der Waals surface area contributed by atoms with Crippen molar-refractivity contribution >= 4 is 98.0 Å². The highest BCUT2D eigenvalue weighted by Gasteiger charge is 2.33. The maximum atomic E-state index is 11.2. The number of halogens is 8. The van der Waals surface area contributed by atoms with Gasteiger partial charge >= 0.3 is 0 Å². The predicted molar refractivity (Wildman–Crippen MR) is 80.1 cm³/mol. The molecule has 0 aliphatic carbocycles. The Morgan fingerprint density at radius 3 is 1.78 bits per heavy atom. The van der Waals surface area contributed by atoms with Crippen LogP contribution in [0.15, 0.2) is 12.1 Å². The Morgan fingerprint density at radius 1 is 0.944 bits per heavy atom. The fourth-order valence-electron chi connectivity index (χ4n) is 1.14. The van der Waals surface area contributed by atoms with E-state index in [4.69, 9.17) is 92.8 Å². The molecule has 0 bridgehead atoms. The zero-order valence-electron chi connectivity index (χ0n) is 8.09. The van der Waals surface area contributed by atoms with Gasteiger partial charge < -0.3 is 0 Å². The van der Waals surface area contributed by atoms with Gasteiger partial charge in [-0.15, -0.1) is 0 Å². The maximum Gasteiger partial charge on any atom is 0.253 e. The van der Waals surface area contributed by atoms with Crippen LogP contribution >= 0.6 is 92.8 Å². The lowest BCUT2D eigenvalue weighted by molar-refractivity contribution is 0.108. The lowest BCUT2D eigenvalue weighted by atomic mass is 10.1. The molecular formula is C9H2Cl8O. The van der Waals surface area contributed by atoms with Gasteiger partial charge in [-0.05, 0) is 23.7 Å². The molecule has 0 spiro atoms. The van der Waals surface area contributed by atoms with Crippen LogP contribution in [0.5, 0.6) is 0 Å². The third kappa shape index (κ3) is 4.10. The summed E-state index contributed by atoms with van der Waals surface area (Å²) >= 11 is 45.6. The highest BCUT2D eigenvalue weighted by molar-refractivity contribution is 6.70. The summed E-state index contributed by atoms with van der Waals surface area (Å²) in [5.41, 5.74) is 0.00713. The first-order valence-electron chi connectivity index (χ1n) is 4.12. The van der Waals surface area contributed by atoms with Crippen LogP contribution in [0.1, 0.15) is 21.5 Å². The molecule has 0 amide bonds. The molecule has 18 heavy (non-hydrogen) atoms. The second-order valence-corrected chi connectivity index (χ2v) is 8.44. The standard InChI is InChI=1S/C9H2Cl8O/c10-6-4(7(11)18)1-3(8(12,13)14)2-5(6)9(15,16)17/h1-2H. The molecule has 0 radical (unpaired) electrons. The molecule has 0 heterocycles. The number of hydrogen-bond acceptors (Lipinski definition) is 1. The third-order valence-corrected chi connectivity index (χ3v) is 3.79. The quantitative estimate of drug-likeness (QED) is 0.389. The molecule has 0 saturated carbocycles. The number of carbonyl (C=O) groups is 1. The number of alkyl halides is 6. The Bertz CT molecular complexity index is 485. The van der Waals surface area contributed by atoms with Crippen molar-refractivity contribution < 1.29 is 4.79 Å². The normalized spacial score (nSPS) is 12.7. The van der Waals surface area contributed by atoms with E-state index in [0.29, 0.717) is 0 Å². The summed E-state index contributed by atoms with van der Waals surface area (Å²) in [5, 5.41) is -0.959. The maximum absolute atomic E-state index is 11.2. The average molecular weight is 410 g/mol. The molecule has 0 atom stereocenters. The van der Waals surface area contributed by atoms with Crippen LogP contribution < -0.4 is 0 Å². The molecule has 0 aromatic heterocycles. The second kappa shape index (κ2) is 5.91. The molecule has 1 rings (SSSR count). The number of rotatable bonds is 1. The smallest absolute Gasteiger partial charge is 0.253 e. The molecule has 0 saturated heterocycles. The molecule has 0 aliphatic heterocycles. The Morgan fingerprint density at radius 2 is 1.44 bits per heavy atom. The van der Waals surface area contributed by atoms with Crippen LogP contribution in [0, 0.1) is 0 Å². The van der Waals surface area contributed by atoms with Crippen LogP contribution in [-0.2, 0) is 7.59 Å². The number of benzene rings is 1. The predicted octanol–water partition coefficient (Wildman–Crippen LogP) is 6.37. The lowest BCUT2D eigenvalue weighted by Gasteiger charge is -2.19. The molecule has 0 aliphatic rings. The van der Waals surface area contributed by atoms with E-state index in [1.54, 1.807) is 0 Å². The summed E-state index contributed by atoms with van der Waals surface area (Å²) in [7, 11) is 0. The van der Waals surface area contributed by atoms with Crippen molar-refractivity contribution in [2.45, 2.75) is 7.59 Å². The SMILES string of the molecule is O=C(Cl)c1cc(C(Cl)(Cl)Cl)cc(C(Cl)(Cl)Cl)c1Cl. The highest BCUT2D eigenvalue weighted by Crippen LogP contribution is 2.47. The van der Waals surface area contributed by atoms with E-state index in [1.807, 2.05) is 0 Å². The van der Waals surface area contributed by atoms with E-state index >= 15 is 0 Å². The van der Waals surface area contributed by atoms with E-state index in [9.17, 15) is 4.79 Å². The fourth-order valence-corrected chi connectivity index (χ4v) is 2.59. The summed E-state index contributed by atoms with van der Waals surface area (Å²) in [5.74, 6) is 0. The van der Waals surface area contributed by atoms with Crippen molar-refractivity contribution in [1.82, 2.24) is 0 Å². The minimum atomic E-state index is -1.88. The molecule has 1 nitrogen and oxygen atoms in total. The van der Waals surface area contributed by atoms with E-state index in [2.05, 4.69) is 0 Å². The molecule has 100 valence electrons. The van der Waals surface area contributed by atoms with Crippen molar-refractivity contribution in [2.24, 2.45) is 0 Å². The van der Waals surface area contributed by atoms with Gasteiger partial charge in [0.25, 0.3) is 5.24 Å². The third-order valence-electron chi connectivity index (χ3n) is 1.92. The van der Waals surface area contributed by atoms with E-state index in [0.717, 1.165) is 0 Å². The van der Waals surface area contributed by atoms with Gasteiger partial charge in [-0.25, -0.2) is 0 Å². The van der Waals surface area contributed by atoms with Gasteiger partial charge in [0.05, 0.1) is 10.6 Å². The van der Waals surface area contributed by atoms with Crippen molar-refractivity contribution in [2.75, 3.05) is 0 Å². The van der Waals surface area contributed by atoms with Gasteiger partial charge in [0.2, 0.25) is 7.59 Å². The summed E-state index contributed by atoms with van der Waals surface area (Å²) in [6.07, 6.45) is 0. The number of hydrogen-bond donors (Lipinski definition) is 0. The first-order valence-corrected chi connectivity index (χ1v) is 7.14. The molecule has 1 aromatic carbocycles. The monoisotopic (exact) mass is 406 g/mol. The van der Waals surface area contributed by atoms with Gasteiger partial charge in [-0.3, -0.25) is 4.79 Å². The van der Waals surface area contributed by atoms with Crippen LogP contribution in [0.2, 0.25) is 5.02 Å². The first-order chi connectivity index (χ1) is 7.94. The Labute approximate surface area is 143 Å². The van der Waals surface area contributed by atoms with Crippen LogP contribution in [0.25, 0.3) is 0 Å². The van der Waals surface area contributed by atoms with Gasteiger partial charge in [0, 0.05) is 11.1 Å². The first kappa shape index (κ1) is 17.3. The second-order valence-electron chi connectivity index (χ2n) is 3.15. The zero-order chi connectivity index (χ0) is 14.3. The highest BCUT2D eigenvalue weighted by atomic mass is 35.6. The van der Waals surface area contributed by atoms with Crippen LogP contribution in [-0.4, -0.2) is 5.24 Å². The van der Waals surface area contributed by atoms with Crippen LogP contribution in [0.3, 0.4) is 0 Å². The van der Waals surface area contributed by atoms with Gasteiger partial charge in [-0.2, -0.15) is 0 Å². The summed E-state index contributed by atoms with van der Waals surface area (Å²) in [6, 6.07) is 2.51. The van der Waals surface area contributed by atoms with Crippen LogP contribution in [0.4, 0.5) is 0 Å². The van der Waals surface area contributed by atoms with Gasteiger partial charge in [-0.1, -0.05) is 81.2 Å². The lowest BCUT2D eigenvalue weighted by Crippen LogP contribution is -2.10. The molecule has 1 aromatic rings. The van der Waals surface area contributed by atoms with Crippen molar-refractivity contribution in [1.29, 1.82) is 0 Å². The molecule has 0 fully saturated rings. The fraction of sp³-hybridized carbons (Fsp3) is 0.222. The summed E-state index contributed by atoms with van der Waals surface area (Å²) in [6.45, 7) is 0. The molecular weight excluding hydrogens is 408 g/mol. The summed E-state index contributed by atoms with van der Waals surface area (Å²) in [4.78, 5) is 11.2. The summed E-state index contributed by atoms with van der Waals surface area (Å²) < 4.78 is -3.69. The Balaban J connectivity index is 3.63. The topological polar surface area (TPSA) is 17.1 Å². The average Bonchev–Trinajstić information content (AvgIpc) is 2.13. The van der Waals surface area contributed by atoms with Crippen molar-refractivity contribution in [3.05, 3.63) is 33.8 Å². The molecule has 9 heteroatoms. The van der Waals surface area contributed by atoms with E-state index < -0.39 is 12.8 Å². The molecule has 0 unspecified atom stereocenters. The number of carbonyl (C=O) groups excluding carboxylic acids is 1. The van der Waals surface area contributed by atoms with E-state index in [-0.39, 0.29) is 21.7 Å². The van der Waals surface area contributed by atoms with Gasteiger partial charge in [0.1, 0.15) is 0 Å². The largest absolute Gasteiger partial charge is 0.276 e. The molecule has 0 N–H and O–H groups in total. The Kier molecular flexibility index (Phi) is 5.67. The van der Waals surface area contributed by atoms with Gasteiger partial charge in [0.15, 0.2) is 0 Å². The minimum Gasteiger partial charge on any atom is -0.276 e. The Hall–Kier alpha value is 1.21.